The van der Waals surface area contributed by atoms with Crippen molar-refractivity contribution >= 4 is 22.4 Å². The summed E-state index contributed by atoms with van der Waals surface area (Å²) in [6.45, 7) is 3.91. The van der Waals surface area contributed by atoms with Gasteiger partial charge in [-0.25, -0.2) is 0 Å². The first-order valence-electron chi connectivity index (χ1n) is 5.16. The van der Waals surface area contributed by atoms with Crippen molar-refractivity contribution in [2.24, 2.45) is 0 Å². The van der Waals surface area contributed by atoms with Gasteiger partial charge in [-0.05, 0) is 13.8 Å². The predicted octanol–water partition coefficient (Wildman–Crippen LogP) is 3.99. The van der Waals surface area contributed by atoms with Crippen LogP contribution in [0.3, 0.4) is 0 Å². The Morgan fingerprint density at radius 3 is 2.44 bits per heavy atom. The first kappa shape index (κ1) is 11.1. The van der Waals surface area contributed by atoms with Crippen LogP contribution in [0, 0.1) is 0 Å². The summed E-state index contributed by atoms with van der Waals surface area (Å²) >= 11 is 5.95. The first-order chi connectivity index (χ1) is 7.59. The minimum atomic E-state index is 0.0732. The van der Waals surface area contributed by atoms with Gasteiger partial charge in [0, 0.05) is 16.8 Å². The number of hydrogen-bond donors (Lipinski definition) is 1. The Bertz CT molecular complexity index is 521. The van der Waals surface area contributed by atoms with Gasteiger partial charge < -0.3 is 9.84 Å². The summed E-state index contributed by atoms with van der Waals surface area (Å²) in [6.07, 6.45) is 0.0732. The van der Waals surface area contributed by atoms with Gasteiger partial charge >= 0.3 is 0 Å². The summed E-state index contributed by atoms with van der Waals surface area (Å²) in [5, 5.41) is 11.7. The highest BCUT2D eigenvalue weighted by Crippen LogP contribution is 2.38. The third-order valence-corrected chi connectivity index (χ3v) is 2.58. The van der Waals surface area contributed by atoms with Gasteiger partial charge in [-0.2, -0.15) is 0 Å². The Hall–Kier alpha value is -1.41. The molecule has 3 heteroatoms. The summed E-state index contributed by atoms with van der Waals surface area (Å²) < 4.78 is 5.67. The molecule has 2 nitrogen and oxygen atoms in total. The number of hydrogen-bond acceptors (Lipinski definition) is 2. The van der Waals surface area contributed by atoms with E-state index >= 15 is 0 Å². The number of fused-ring (bicyclic) bond motifs is 1. The van der Waals surface area contributed by atoms with Crippen molar-refractivity contribution in [1.82, 2.24) is 0 Å². The molecule has 0 aliphatic heterocycles. The largest absolute Gasteiger partial charge is 0.506 e. The Morgan fingerprint density at radius 2 is 1.81 bits per heavy atom. The lowest BCUT2D eigenvalue weighted by Crippen LogP contribution is -2.05. The fourth-order valence-corrected chi connectivity index (χ4v) is 1.85. The monoisotopic (exact) mass is 236 g/mol. The van der Waals surface area contributed by atoms with Crippen molar-refractivity contribution < 1.29 is 9.84 Å². The second kappa shape index (κ2) is 4.22. The van der Waals surface area contributed by atoms with Gasteiger partial charge in [-0.1, -0.05) is 35.9 Å². The van der Waals surface area contributed by atoms with Gasteiger partial charge in [0.25, 0.3) is 0 Å². The highest BCUT2D eigenvalue weighted by Gasteiger charge is 2.11. The standard InChI is InChI=1S/C13H13ClO2/c1-8(2)16-12-7-11(14)13(15)10-6-4-3-5-9(10)12/h3-8,15H,1-2H3. The van der Waals surface area contributed by atoms with E-state index in [2.05, 4.69) is 0 Å². The van der Waals surface area contributed by atoms with Gasteiger partial charge in [0.1, 0.15) is 11.5 Å². The van der Waals surface area contributed by atoms with E-state index in [1.54, 1.807) is 6.07 Å². The SMILES string of the molecule is CC(C)Oc1cc(Cl)c(O)c2ccccc12. The summed E-state index contributed by atoms with van der Waals surface area (Å²) in [6, 6.07) is 9.15. The second-order valence-corrected chi connectivity index (χ2v) is 4.32. The van der Waals surface area contributed by atoms with Gasteiger partial charge in [-0.3, -0.25) is 0 Å². The van der Waals surface area contributed by atoms with Crippen LogP contribution in [-0.4, -0.2) is 11.2 Å². The smallest absolute Gasteiger partial charge is 0.142 e. The molecule has 0 aliphatic carbocycles. The summed E-state index contributed by atoms with van der Waals surface area (Å²) in [5.74, 6) is 0.807. The van der Waals surface area contributed by atoms with E-state index in [-0.39, 0.29) is 11.9 Å². The third-order valence-electron chi connectivity index (χ3n) is 2.29. The molecule has 0 aromatic heterocycles. The molecule has 0 aliphatic rings. The van der Waals surface area contributed by atoms with Crippen LogP contribution in [0.2, 0.25) is 5.02 Å². The minimum absolute atomic E-state index is 0.0732. The second-order valence-electron chi connectivity index (χ2n) is 3.92. The molecule has 0 amide bonds. The molecule has 84 valence electrons. The van der Waals surface area contributed by atoms with Gasteiger partial charge in [-0.15, -0.1) is 0 Å². The van der Waals surface area contributed by atoms with Gasteiger partial charge in [0.2, 0.25) is 0 Å². The van der Waals surface area contributed by atoms with Crippen LogP contribution in [0.25, 0.3) is 10.8 Å². The molecule has 0 spiro atoms. The number of rotatable bonds is 2. The fraction of sp³-hybridized carbons (Fsp3) is 0.231. The van der Waals surface area contributed by atoms with Crippen molar-refractivity contribution in [3.8, 4) is 11.5 Å². The highest BCUT2D eigenvalue weighted by atomic mass is 35.5. The normalized spacial score (nSPS) is 11.0. The molecule has 0 unspecified atom stereocenters. The quantitative estimate of drug-likeness (QED) is 0.855. The van der Waals surface area contributed by atoms with Crippen molar-refractivity contribution in [3.05, 3.63) is 35.4 Å². The Kier molecular flexibility index (Phi) is 2.92. The van der Waals surface area contributed by atoms with E-state index in [1.165, 1.54) is 0 Å². The number of ether oxygens (including phenoxy) is 1. The minimum Gasteiger partial charge on any atom is -0.506 e. The maximum Gasteiger partial charge on any atom is 0.142 e. The molecule has 2 aromatic carbocycles. The van der Waals surface area contributed by atoms with E-state index in [0.717, 1.165) is 5.39 Å². The molecule has 16 heavy (non-hydrogen) atoms. The number of halogens is 1. The van der Waals surface area contributed by atoms with Crippen molar-refractivity contribution in [3.63, 3.8) is 0 Å². The maximum atomic E-state index is 9.83. The lowest BCUT2D eigenvalue weighted by atomic mass is 10.1. The number of aromatic hydroxyl groups is 1. The maximum absolute atomic E-state index is 9.83. The van der Waals surface area contributed by atoms with Crippen LogP contribution in [0.5, 0.6) is 11.5 Å². The lowest BCUT2D eigenvalue weighted by Gasteiger charge is -2.14. The van der Waals surface area contributed by atoms with Crippen molar-refractivity contribution in [2.45, 2.75) is 20.0 Å². The molecule has 0 saturated heterocycles. The van der Waals surface area contributed by atoms with Gasteiger partial charge in [0.15, 0.2) is 0 Å². The average Bonchev–Trinajstić information content (AvgIpc) is 2.25. The summed E-state index contributed by atoms with van der Waals surface area (Å²) in [4.78, 5) is 0. The van der Waals surface area contributed by atoms with Crippen LogP contribution < -0.4 is 4.74 Å². The Morgan fingerprint density at radius 1 is 1.19 bits per heavy atom. The molecule has 2 rings (SSSR count). The summed E-state index contributed by atoms with van der Waals surface area (Å²) in [7, 11) is 0. The lowest BCUT2D eigenvalue weighted by molar-refractivity contribution is 0.245. The Balaban J connectivity index is 2.69. The Labute approximate surface area is 99.4 Å². The van der Waals surface area contributed by atoms with Crippen LogP contribution >= 0.6 is 11.6 Å². The highest BCUT2D eigenvalue weighted by molar-refractivity contribution is 6.33. The van der Waals surface area contributed by atoms with E-state index in [0.29, 0.717) is 16.2 Å². The number of phenols is 1. The van der Waals surface area contributed by atoms with Crippen molar-refractivity contribution in [2.75, 3.05) is 0 Å². The first-order valence-corrected chi connectivity index (χ1v) is 5.54. The fourth-order valence-electron chi connectivity index (χ4n) is 1.65. The zero-order valence-corrected chi connectivity index (χ0v) is 9.95. The number of benzene rings is 2. The topological polar surface area (TPSA) is 29.5 Å². The molecule has 0 radical (unpaired) electrons. The molecule has 0 heterocycles. The van der Waals surface area contributed by atoms with Crippen molar-refractivity contribution in [1.29, 1.82) is 0 Å². The molecule has 0 atom stereocenters. The van der Waals surface area contributed by atoms with Gasteiger partial charge in [0.05, 0.1) is 11.1 Å². The van der Waals surface area contributed by atoms with E-state index < -0.39 is 0 Å². The van der Waals surface area contributed by atoms with Crippen LogP contribution in [0.4, 0.5) is 0 Å². The zero-order chi connectivity index (χ0) is 11.7. The molecule has 0 bridgehead atoms. The van der Waals surface area contributed by atoms with E-state index in [9.17, 15) is 5.11 Å². The average molecular weight is 237 g/mol. The predicted molar refractivity (Wildman–Crippen MR) is 66.4 cm³/mol. The van der Waals surface area contributed by atoms with E-state index in [1.807, 2.05) is 38.1 Å². The number of phenolic OH excluding ortho intramolecular Hbond substituents is 1. The molecule has 2 aromatic rings. The zero-order valence-electron chi connectivity index (χ0n) is 9.20. The van der Waals surface area contributed by atoms with E-state index in [4.69, 9.17) is 16.3 Å². The molecule has 1 N–H and O–H groups in total. The molecule has 0 fully saturated rings. The molecular formula is C13H13ClO2. The molecular weight excluding hydrogens is 224 g/mol. The van der Waals surface area contributed by atoms with Crippen LogP contribution in [-0.2, 0) is 0 Å². The molecule has 0 saturated carbocycles. The third kappa shape index (κ3) is 1.93. The summed E-state index contributed by atoms with van der Waals surface area (Å²) in [5.41, 5.74) is 0. The van der Waals surface area contributed by atoms with Crippen LogP contribution in [0.15, 0.2) is 30.3 Å². The van der Waals surface area contributed by atoms with Crippen LogP contribution in [0.1, 0.15) is 13.8 Å².